The molecule has 2 aromatic rings. The Balaban J connectivity index is 1.67. The molecule has 1 fully saturated rings. The lowest BCUT2D eigenvalue weighted by molar-refractivity contribution is 0.178. The van der Waals surface area contributed by atoms with Crippen LogP contribution in [0.2, 0.25) is 0 Å². The molecule has 1 saturated carbocycles. The first kappa shape index (κ1) is 13.7. The Morgan fingerprint density at radius 3 is 2.45 bits per heavy atom. The highest BCUT2D eigenvalue weighted by Gasteiger charge is 2.23. The smallest absolute Gasteiger partial charge is 0.119 e. The number of aliphatic hydroxyl groups excluding tert-OH is 1. The fraction of sp³-hybridized carbons (Fsp3) is 0.294. The normalized spacial score (nSPS) is 15.9. The summed E-state index contributed by atoms with van der Waals surface area (Å²) in [5.74, 6) is 0.893. The van der Waals surface area contributed by atoms with Crippen LogP contribution in [0.15, 0.2) is 53.0 Å². The van der Waals surface area contributed by atoms with Crippen molar-refractivity contribution in [1.29, 1.82) is 0 Å². The minimum absolute atomic E-state index is 0.408. The van der Waals surface area contributed by atoms with Crippen LogP contribution in [0, 0.1) is 0 Å². The molecule has 0 aliphatic heterocycles. The number of hydrogen-bond acceptors (Lipinski definition) is 2. The van der Waals surface area contributed by atoms with E-state index in [2.05, 4.69) is 15.9 Å². The van der Waals surface area contributed by atoms with E-state index in [-0.39, 0.29) is 0 Å². The van der Waals surface area contributed by atoms with E-state index in [9.17, 15) is 5.11 Å². The summed E-state index contributed by atoms with van der Waals surface area (Å²) in [5.41, 5.74) is 2.03. The highest BCUT2D eigenvalue weighted by Crippen LogP contribution is 2.28. The Labute approximate surface area is 127 Å². The van der Waals surface area contributed by atoms with Crippen LogP contribution in [0.3, 0.4) is 0 Å². The molecule has 3 rings (SSSR count). The first-order valence-corrected chi connectivity index (χ1v) is 7.70. The van der Waals surface area contributed by atoms with Crippen molar-refractivity contribution >= 4 is 15.9 Å². The molecule has 1 aliphatic rings. The second-order valence-electron chi connectivity index (χ2n) is 5.20. The first-order chi connectivity index (χ1) is 9.72. The molecule has 104 valence electrons. The topological polar surface area (TPSA) is 29.5 Å². The van der Waals surface area contributed by atoms with Crippen LogP contribution >= 0.6 is 15.9 Å². The van der Waals surface area contributed by atoms with Crippen molar-refractivity contribution in [1.82, 2.24) is 0 Å². The summed E-state index contributed by atoms with van der Waals surface area (Å²) in [4.78, 5) is 0. The molecule has 2 nitrogen and oxygen atoms in total. The van der Waals surface area contributed by atoms with Crippen LogP contribution in [0.5, 0.6) is 5.75 Å². The van der Waals surface area contributed by atoms with E-state index >= 15 is 0 Å². The summed E-state index contributed by atoms with van der Waals surface area (Å²) in [6, 6.07) is 15.8. The average Bonchev–Trinajstić information content (AvgIpc) is 3.26. The van der Waals surface area contributed by atoms with Crippen molar-refractivity contribution in [2.45, 2.75) is 31.5 Å². The third-order valence-electron chi connectivity index (χ3n) is 3.46. The predicted octanol–water partition coefficient (Wildman–Crippen LogP) is 4.27. The highest BCUT2D eigenvalue weighted by molar-refractivity contribution is 9.10. The minimum atomic E-state index is -0.497. The SMILES string of the molecule is OC(Cc1ccccc1Br)c1ccc(OC2CC2)cc1. The lowest BCUT2D eigenvalue weighted by atomic mass is 10.0. The molecule has 0 aromatic heterocycles. The summed E-state index contributed by atoms with van der Waals surface area (Å²) >= 11 is 3.51. The van der Waals surface area contributed by atoms with Crippen molar-refractivity contribution in [2.75, 3.05) is 0 Å². The fourth-order valence-electron chi connectivity index (χ4n) is 2.14. The Hall–Kier alpha value is -1.32. The number of rotatable bonds is 5. The van der Waals surface area contributed by atoms with Crippen LogP contribution in [-0.2, 0) is 6.42 Å². The summed E-state index contributed by atoms with van der Waals surface area (Å²) in [6.45, 7) is 0. The van der Waals surface area contributed by atoms with Crippen molar-refractivity contribution < 1.29 is 9.84 Å². The number of halogens is 1. The van der Waals surface area contributed by atoms with E-state index < -0.39 is 6.10 Å². The van der Waals surface area contributed by atoms with Crippen LogP contribution < -0.4 is 4.74 Å². The number of aliphatic hydroxyl groups is 1. The van der Waals surface area contributed by atoms with Gasteiger partial charge >= 0.3 is 0 Å². The Kier molecular flexibility index (Phi) is 4.08. The summed E-state index contributed by atoms with van der Waals surface area (Å²) in [5, 5.41) is 10.3. The van der Waals surface area contributed by atoms with Gasteiger partial charge in [0.05, 0.1) is 12.2 Å². The van der Waals surface area contributed by atoms with Gasteiger partial charge < -0.3 is 9.84 Å². The van der Waals surface area contributed by atoms with Gasteiger partial charge in [-0.3, -0.25) is 0 Å². The van der Waals surface area contributed by atoms with Crippen molar-refractivity contribution in [2.24, 2.45) is 0 Å². The molecule has 3 heteroatoms. The molecule has 0 saturated heterocycles. The zero-order valence-electron chi connectivity index (χ0n) is 11.1. The molecule has 2 aromatic carbocycles. The maximum atomic E-state index is 10.3. The molecule has 0 heterocycles. The zero-order chi connectivity index (χ0) is 13.9. The van der Waals surface area contributed by atoms with E-state index in [1.165, 1.54) is 0 Å². The molecule has 0 amide bonds. The van der Waals surface area contributed by atoms with E-state index in [0.29, 0.717) is 12.5 Å². The molecule has 1 atom stereocenters. The lowest BCUT2D eigenvalue weighted by Gasteiger charge is -2.13. The quantitative estimate of drug-likeness (QED) is 0.886. The molecule has 0 radical (unpaired) electrons. The molecule has 0 spiro atoms. The Bertz CT molecular complexity index is 576. The highest BCUT2D eigenvalue weighted by atomic mass is 79.9. The molecule has 20 heavy (non-hydrogen) atoms. The fourth-order valence-corrected chi connectivity index (χ4v) is 2.58. The second-order valence-corrected chi connectivity index (χ2v) is 6.05. The van der Waals surface area contributed by atoms with E-state index in [1.54, 1.807) is 0 Å². The van der Waals surface area contributed by atoms with Gasteiger partial charge in [-0.05, 0) is 42.2 Å². The maximum Gasteiger partial charge on any atom is 0.119 e. The average molecular weight is 333 g/mol. The number of hydrogen-bond donors (Lipinski definition) is 1. The van der Waals surface area contributed by atoms with Gasteiger partial charge in [-0.15, -0.1) is 0 Å². The predicted molar refractivity (Wildman–Crippen MR) is 82.9 cm³/mol. The number of ether oxygens (including phenoxy) is 1. The second kappa shape index (κ2) is 5.98. The molecule has 1 unspecified atom stereocenters. The lowest BCUT2D eigenvalue weighted by Crippen LogP contribution is -2.03. The van der Waals surface area contributed by atoms with E-state index in [4.69, 9.17) is 4.74 Å². The van der Waals surface area contributed by atoms with E-state index in [1.807, 2.05) is 48.5 Å². The monoisotopic (exact) mass is 332 g/mol. The van der Waals surface area contributed by atoms with Gasteiger partial charge in [-0.1, -0.05) is 46.3 Å². The van der Waals surface area contributed by atoms with Crippen LogP contribution in [0.4, 0.5) is 0 Å². The molecule has 1 N–H and O–H groups in total. The van der Waals surface area contributed by atoms with Crippen LogP contribution in [0.25, 0.3) is 0 Å². The molecule has 1 aliphatic carbocycles. The third kappa shape index (κ3) is 3.41. The van der Waals surface area contributed by atoms with Gasteiger partial charge in [0.15, 0.2) is 0 Å². The van der Waals surface area contributed by atoms with Crippen molar-refractivity contribution in [3.8, 4) is 5.75 Å². The van der Waals surface area contributed by atoms with E-state index in [0.717, 1.165) is 34.2 Å². The molecular weight excluding hydrogens is 316 g/mol. The van der Waals surface area contributed by atoms with Gasteiger partial charge in [0, 0.05) is 10.9 Å². The first-order valence-electron chi connectivity index (χ1n) is 6.90. The van der Waals surface area contributed by atoms with Gasteiger partial charge in [0.1, 0.15) is 5.75 Å². The third-order valence-corrected chi connectivity index (χ3v) is 4.24. The molecular formula is C17H17BrO2. The van der Waals surface area contributed by atoms with Gasteiger partial charge in [-0.25, -0.2) is 0 Å². The van der Waals surface area contributed by atoms with Gasteiger partial charge in [0.25, 0.3) is 0 Å². The van der Waals surface area contributed by atoms with Crippen LogP contribution in [0.1, 0.15) is 30.1 Å². The van der Waals surface area contributed by atoms with Crippen molar-refractivity contribution in [3.05, 3.63) is 64.1 Å². The Morgan fingerprint density at radius 2 is 1.80 bits per heavy atom. The molecule has 0 bridgehead atoms. The minimum Gasteiger partial charge on any atom is -0.490 e. The summed E-state index contributed by atoms with van der Waals surface area (Å²) < 4.78 is 6.74. The zero-order valence-corrected chi connectivity index (χ0v) is 12.7. The van der Waals surface area contributed by atoms with Crippen LogP contribution in [-0.4, -0.2) is 11.2 Å². The summed E-state index contributed by atoms with van der Waals surface area (Å²) in [7, 11) is 0. The Morgan fingerprint density at radius 1 is 1.10 bits per heavy atom. The largest absolute Gasteiger partial charge is 0.490 e. The van der Waals surface area contributed by atoms with Crippen molar-refractivity contribution in [3.63, 3.8) is 0 Å². The standard InChI is InChI=1S/C17H17BrO2/c18-16-4-2-1-3-13(16)11-17(19)12-5-7-14(8-6-12)20-15-9-10-15/h1-8,15,17,19H,9-11H2. The van der Waals surface area contributed by atoms with Gasteiger partial charge in [-0.2, -0.15) is 0 Å². The number of benzene rings is 2. The maximum absolute atomic E-state index is 10.3. The van der Waals surface area contributed by atoms with Gasteiger partial charge in [0.2, 0.25) is 0 Å². The summed E-state index contributed by atoms with van der Waals surface area (Å²) in [6.07, 6.45) is 2.83.